The minimum Gasteiger partial charge on any atom is -0.481 e. The first kappa shape index (κ1) is 25.0. The fraction of sp³-hybridized carbons (Fsp3) is 0.172. The molecule has 1 aromatic heterocycles. The summed E-state index contributed by atoms with van der Waals surface area (Å²) in [6.07, 6.45) is -0.221. The summed E-state index contributed by atoms with van der Waals surface area (Å²) in [5.41, 5.74) is 3.46. The number of aliphatic carboxylic acids is 1. The number of thiophene rings is 1. The Morgan fingerprint density at radius 2 is 1.68 bits per heavy atom. The van der Waals surface area contributed by atoms with E-state index in [0.29, 0.717) is 22.9 Å². The first-order valence-corrected chi connectivity index (χ1v) is 12.9. The molecule has 0 bridgehead atoms. The zero-order valence-corrected chi connectivity index (χ0v) is 21.4. The van der Waals surface area contributed by atoms with Crippen molar-refractivity contribution in [3.63, 3.8) is 0 Å². The van der Waals surface area contributed by atoms with Crippen LogP contribution in [-0.2, 0) is 14.9 Å². The number of carbonyl (C=O) groups is 2. The highest BCUT2D eigenvalue weighted by molar-refractivity contribution is 7.20. The molecule has 1 aliphatic rings. The second-order valence-electron chi connectivity index (χ2n) is 9.00. The molecule has 1 atom stereocenters. The number of ether oxygens (including phenoxy) is 1. The summed E-state index contributed by atoms with van der Waals surface area (Å²) >= 11 is 7.66. The van der Waals surface area contributed by atoms with Crippen LogP contribution >= 0.6 is 22.9 Å². The van der Waals surface area contributed by atoms with Crippen LogP contribution in [-0.4, -0.2) is 17.2 Å². The van der Waals surface area contributed by atoms with E-state index >= 15 is 0 Å². The van der Waals surface area contributed by atoms with E-state index in [1.165, 1.54) is 17.4 Å². The molecule has 4 aromatic rings. The summed E-state index contributed by atoms with van der Waals surface area (Å²) in [4.78, 5) is 25.1. The molecule has 8 heteroatoms. The minimum atomic E-state index is -0.791. The molecule has 0 saturated heterocycles. The van der Waals surface area contributed by atoms with Crippen LogP contribution < -0.4 is 5.32 Å². The Balaban J connectivity index is 1.41. The largest absolute Gasteiger partial charge is 0.481 e. The molecule has 1 heterocycles. The number of hydrogen-bond acceptors (Lipinski definition) is 4. The predicted molar refractivity (Wildman–Crippen MR) is 144 cm³/mol. The predicted octanol–water partition coefficient (Wildman–Crippen LogP) is 8.30. The van der Waals surface area contributed by atoms with Crippen molar-refractivity contribution in [1.82, 2.24) is 0 Å². The first-order valence-electron chi connectivity index (χ1n) is 11.7. The van der Waals surface area contributed by atoms with Gasteiger partial charge in [-0.2, -0.15) is 0 Å². The van der Waals surface area contributed by atoms with E-state index in [2.05, 4.69) is 5.32 Å². The zero-order chi connectivity index (χ0) is 26.2. The Labute approximate surface area is 222 Å². The average molecular weight is 536 g/mol. The third-order valence-corrected chi connectivity index (χ3v) is 7.94. The number of carboxylic acids is 1. The number of carboxylic acid groups (broad SMARTS) is 1. The summed E-state index contributed by atoms with van der Waals surface area (Å²) in [6, 6.07) is 23.1. The van der Waals surface area contributed by atoms with Crippen molar-refractivity contribution >= 4 is 40.7 Å². The average Bonchev–Trinajstić information content (AvgIpc) is 3.62. The van der Waals surface area contributed by atoms with Crippen molar-refractivity contribution < 1.29 is 23.8 Å². The number of hydrogen-bond donors (Lipinski definition) is 2. The molecule has 5 rings (SSSR count). The smallest absolute Gasteiger partial charge is 0.412 e. The lowest BCUT2D eigenvalue weighted by atomic mass is 9.92. The molecule has 1 fully saturated rings. The molecule has 5 nitrogen and oxygen atoms in total. The highest BCUT2D eigenvalue weighted by Gasteiger charge is 2.51. The number of benzene rings is 3. The highest BCUT2D eigenvalue weighted by Crippen LogP contribution is 2.49. The lowest BCUT2D eigenvalue weighted by Crippen LogP contribution is -2.19. The molecule has 1 aliphatic carbocycles. The summed E-state index contributed by atoms with van der Waals surface area (Å²) in [6.45, 7) is 1.61. The number of amides is 1. The van der Waals surface area contributed by atoms with Gasteiger partial charge in [0.25, 0.3) is 0 Å². The molecular weight excluding hydrogens is 513 g/mol. The molecule has 2 N–H and O–H groups in total. The number of rotatable bonds is 7. The third kappa shape index (κ3) is 4.97. The van der Waals surface area contributed by atoms with Gasteiger partial charge in [0.2, 0.25) is 0 Å². The van der Waals surface area contributed by atoms with Crippen molar-refractivity contribution in [2.24, 2.45) is 0 Å². The normalized spacial score (nSPS) is 14.6. The van der Waals surface area contributed by atoms with Gasteiger partial charge in [-0.05, 0) is 48.6 Å². The van der Waals surface area contributed by atoms with Crippen LogP contribution in [0.5, 0.6) is 0 Å². The standard InChI is InChI=1S/C29H23ClFNO4S/c1-17(20-6-4-5-9-23(20)31)36-28(35)32-24-16-25(30)37-26(24)22-8-3-2-7-21(22)18-10-12-19(13-11-18)29(14-15-29)27(33)34/h2-13,16-17H,14-15H2,1H3,(H,32,35)(H,33,34). The quantitative estimate of drug-likeness (QED) is 0.249. The lowest BCUT2D eigenvalue weighted by molar-refractivity contribution is -0.140. The van der Waals surface area contributed by atoms with Crippen LogP contribution in [0.1, 0.15) is 37.0 Å². The SMILES string of the molecule is CC(OC(=O)Nc1cc(Cl)sc1-c1ccccc1-c1ccc(C2(C(=O)O)CC2)cc1)c1ccccc1F. The zero-order valence-electron chi connectivity index (χ0n) is 19.8. The van der Waals surface area contributed by atoms with Crippen LogP contribution in [0, 0.1) is 5.82 Å². The van der Waals surface area contributed by atoms with Crippen molar-refractivity contribution in [3.05, 3.63) is 100 Å². The molecule has 37 heavy (non-hydrogen) atoms. The van der Waals surface area contributed by atoms with E-state index in [0.717, 1.165) is 27.1 Å². The van der Waals surface area contributed by atoms with Crippen molar-refractivity contribution in [1.29, 1.82) is 0 Å². The van der Waals surface area contributed by atoms with Crippen LogP contribution in [0.2, 0.25) is 4.34 Å². The molecule has 0 radical (unpaired) electrons. The fourth-order valence-electron chi connectivity index (χ4n) is 4.47. The van der Waals surface area contributed by atoms with Crippen LogP contribution in [0.3, 0.4) is 0 Å². The summed E-state index contributed by atoms with van der Waals surface area (Å²) in [7, 11) is 0. The van der Waals surface area contributed by atoms with Crippen LogP contribution in [0.15, 0.2) is 78.9 Å². The number of carbonyl (C=O) groups excluding carboxylic acids is 1. The van der Waals surface area contributed by atoms with Gasteiger partial charge in [0.1, 0.15) is 11.9 Å². The Morgan fingerprint density at radius 3 is 2.32 bits per heavy atom. The van der Waals surface area contributed by atoms with Crippen LogP contribution in [0.25, 0.3) is 21.6 Å². The molecular formula is C29H23ClFNO4S. The van der Waals surface area contributed by atoms with Gasteiger partial charge in [-0.1, -0.05) is 78.3 Å². The van der Waals surface area contributed by atoms with Gasteiger partial charge in [-0.3, -0.25) is 10.1 Å². The molecule has 0 aliphatic heterocycles. The fourth-order valence-corrected chi connectivity index (χ4v) is 5.70. The Kier molecular flexibility index (Phi) is 6.75. The maximum atomic E-state index is 14.1. The molecule has 1 saturated carbocycles. The maximum Gasteiger partial charge on any atom is 0.412 e. The van der Waals surface area contributed by atoms with Crippen molar-refractivity contribution in [2.45, 2.75) is 31.3 Å². The minimum absolute atomic E-state index is 0.283. The van der Waals surface area contributed by atoms with Crippen LogP contribution in [0.4, 0.5) is 14.9 Å². The summed E-state index contributed by atoms with van der Waals surface area (Å²) < 4.78 is 20.0. The highest BCUT2D eigenvalue weighted by atomic mass is 35.5. The summed E-state index contributed by atoms with van der Waals surface area (Å²) in [5.74, 6) is -1.24. The van der Waals surface area contributed by atoms with E-state index in [1.54, 1.807) is 31.2 Å². The van der Waals surface area contributed by atoms with E-state index in [4.69, 9.17) is 16.3 Å². The Morgan fingerprint density at radius 1 is 1.03 bits per heavy atom. The van der Waals surface area contributed by atoms with E-state index in [-0.39, 0.29) is 5.56 Å². The molecule has 1 amide bonds. The maximum absolute atomic E-state index is 14.1. The van der Waals surface area contributed by atoms with E-state index in [1.807, 2.05) is 48.5 Å². The number of anilines is 1. The van der Waals surface area contributed by atoms with Gasteiger partial charge in [0.15, 0.2) is 0 Å². The van der Waals surface area contributed by atoms with Crippen molar-refractivity contribution in [2.75, 3.05) is 5.32 Å². The van der Waals surface area contributed by atoms with Gasteiger partial charge in [0, 0.05) is 11.1 Å². The first-order chi connectivity index (χ1) is 17.8. The molecule has 1 unspecified atom stereocenters. The lowest BCUT2D eigenvalue weighted by Gasteiger charge is -2.16. The topological polar surface area (TPSA) is 75.6 Å². The third-order valence-electron chi connectivity index (χ3n) is 6.65. The monoisotopic (exact) mass is 535 g/mol. The van der Waals surface area contributed by atoms with Gasteiger partial charge < -0.3 is 9.84 Å². The molecule has 0 spiro atoms. The van der Waals surface area contributed by atoms with E-state index in [9.17, 15) is 19.1 Å². The van der Waals surface area contributed by atoms with Gasteiger partial charge >= 0.3 is 12.1 Å². The van der Waals surface area contributed by atoms with Gasteiger partial charge in [-0.15, -0.1) is 11.3 Å². The summed E-state index contributed by atoms with van der Waals surface area (Å²) in [5, 5.41) is 12.4. The Hall–Kier alpha value is -3.68. The van der Waals surface area contributed by atoms with Gasteiger partial charge in [-0.25, -0.2) is 9.18 Å². The van der Waals surface area contributed by atoms with E-state index < -0.39 is 29.4 Å². The van der Waals surface area contributed by atoms with Gasteiger partial charge in [0.05, 0.1) is 20.3 Å². The van der Waals surface area contributed by atoms with Crippen molar-refractivity contribution in [3.8, 4) is 21.6 Å². The Bertz CT molecular complexity index is 1480. The molecule has 3 aromatic carbocycles. The second-order valence-corrected chi connectivity index (χ2v) is 10.7. The number of nitrogens with one attached hydrogen (secondary N) is 1. The number of halogens is 2. The second kappa shape index (κ2) is 10.00. The molecule has 188 valence electrons.